The van der Waals surface area contributed by atoms with Crippen LogP contribution in [0.2, 0.25) is 0 Å². The Morgan fingerprint density at radius 1 is 0.200 bits per heavy atom. The molecule has 0 saturated carbocycles. The number of fused-ring (bicyclic) bond motifs is 12. The van der Waals surface area contributed by atoms with Crippen LogP contribution in [0.15, 0.2) is 364 Å². The normalized spacial score (nSPS) is 11.3. The van der Waals surface area contributed by atoms with Gasteiger partial charge in [0.1, 0.15) is 0 Å². The van der Waals surface area contributed by atoms with E-state index in [1.54, 1.807) is 121 Å². The van der Waals surface area contributed by atoms with Gasteiger partial charge in [-0.1, -0.05) is 200 Å². The minimum atomic E-state index is -4.96. The Morgan fingerprint density at radius 2 is 0.464 bits per heavy atom. The maximum Gasteiger partial charge on any atom is 0.415 e. The zero-order valence-corrected chi connectivity index (χ0v) is 73.2. The lowest BCUT2D eigenvalue weighted by Gasteiger charge is -2.24. The fourth-order valence-electron chi connectivity index (χ4n) is 19.5. The minimum Gasteiger partial charge on any atom is -0.309 e. The third kappa shape index (κ3) is 14.9. The molecule has 0 spiro atoms. The largest absolute Gasteiger partial charge is 0.415 e. The van der Waals surface area contributed by atoms with E-state index in [0.29, 0.717) is 111 Å². The molecule has 0 fully saturated rings. The van der Waals surface area contributed by atoms with Gasteiger partial charge in [0.25, 0.3) is 0 Å². The van der Waals surface area contributed by atoms with Gasteiger partial charge in [-0.15, -0.1) is 0 Å². The topological polar surface area (TPSA) is 180 Å². The number of halogens is 6. The summed E-state index contributed by atoms with van der Waals surface area (Å²) >= 11 is 0. The van der Waals surface area contributed by atoms with E-state index in [0.717, 1.165) is 100 Å². The smallest absolute Gasteiger partial charge is 0.309 e. The summed E-state index contributed by atoms with van der Waals surface area (Å²) in [5, 5.41) is 66.9. The molecule has 0 amide bonds. The first-order valence-electron chi connectivity index (χ1n) is 43.8. The van der Waals surface area contributed by atoms with Crippen LogP contribution in [-0.2, 0) is 12.4 Å². The SMILES string of the molecule is [C-]#[N+]c1ccc(-c2ccc3c(c2)c2ccccc2n3-c2cc(C#N)cc(-n3c4ccccc4c4cc(-c5ccc(C#N)cc5)ccc43)c2-c2c([N+]#[C-])cccc2C(F)(F)F)cc1.[C-]#[N+]c1cccc(-c2ccc3c(c2)c2cc(-c4cccc(C#N)c4)ccc2n3-c2cc(C#N)cc(-n3c4ccc(-c5cccc(C#N)c5)cc4c4cc(-c5cccc(C#N)c5)ccc43)c2-c2c([N+]#[C-])cccc2C(F)(F)F)c1. The average molecular weight is 1810 g/mol. The minimum absolute atomic E-state index is 0.0294. The number of nitriles is 6. The van der Waals surface area contributed by atoms with Crippen LogP contribution in [0.5, 0.6) is 0 Å². The molecule has 22 aromatic rings. The molecule has 18 aromatic carbocycles. The Labute approximate surface area is 795 Å². The van der Waals surface area contributed by atoms with Crippen molar-refractivity contribution in [3.8, 4) is 148 Å². The van der Waals surface area contributed by atoms with Gasteiger partial charge in [0.15, 0.2) is 22.7 Å². The summed E-state index contributed by atoms with van der Waals surface area (Å²) in [5.74, 6) is 0. The average Bonchev–Trinajstić information content (AvgIpc) is 1.56. The second kappa shape index (κ2) is 34.7. The molecule has 0 saturated heterocycles. The molecule has 20 heteroatoms. The van der Waals surface area contributed by atoms with Crippen LogP contribution in [0.4, 0.5) is 49.1 Å². The van der Waals surface area contributed by atoms with Crippen molar-refractivity contribution in [3.05, 3.63) is 454 Å². The van der Waals surface area contributed by atoms with E-state index in [1.807, 2.05) is 225 Å². The summed E-state index contributed by atoms with van der Waals surface area (Å²) in [6.07, 6.45) is -9.81. The Morgan fingerprint density at radius 3 is 0.771 bits per heavy atom. The predicted molar refractivity (Wildman–Crippen MR) is 537 cm³/mol. The lowest BCUT2D eigenvalue weighted by molar-refractivity contribution is -0.137. The molecule has 0 bridgehead atoms. The van der Waals surface area contributed by atoms with Gasteiger partial charge in [-0.05, 0) is 231 Å². The standard InChI is InChI=1S/C67H33F3N8.C53H27F3N6/c1-75-52-15-6-14-47(31-52)51-21-25-62-56(35-51)55-34-50(46-13-5-10-42(28-46)38-73)20-24-61(55)78(62)64-30-43(39-74)29-63(66(64)65-57(67(68,69)70)16-7-17-58(65)76-2)77-59-22-18-48(44-11-3-8-40(26-44)36-71)32-53(59)54-33-49(19-23-60(54)77)45-12-4-9-41(27-45)37-72;1-59-38-22-18-35(19-23-38)37-21-25-48-42(29-37)40-9-4-6-13-46(40)62(48)50-27-33(31-58)26-49(52(50)51-43(53(54,55)56)10-7-11-44(51)60-2)61-45-12-5-3-8-39(45)41-28-36(20-24-47(41)61)34-16-14-32(30-57)15-17-34/h3-35H;3-29H. The molecule has 4 aromatic heterocycles. The van der Waals surface area contributed by atoms with Crippen molar-refractivity contribution in [2.45, 2.75) is 12.4 Å². The summed E-state index contributed by atoms with van der Waals surface area (Å²) in [4.78, 5) is 14.6. The first-order chi connectivity index (χ1) is 68.2. The van der Waals surface area contributed by atoms with Crippen LogP contribution < -0.4 is 0 Å². The molecule has 14 nitrogen and oxygen atoms in total. The van der Waals surface area contributed by atoms with Crippen LogP contribution in [-0.4, -0.2) is 18.3 Å². The number of para-hydroxylation sites is 2. The Bertz CT molecular complexity index is 8880. The Balaban J connectivity index is 0.000000171. The monoisotopic (exact) mass is 1810 g/mol. The highest BCUT2D eigenvalue weighted by molar-refractivity contribution is 6.18. The summed E-state index contributed by atoms with van der Waals surface area (Å²) < 4.78 is 102. The van der Waals surface area contributed by atoms with Crippen molar-refractivity contribution in [2.75, 3.05) is 0 Å². The van der Waals surface area contributed by atoms with E-state index in [2.05, 4.69) is 55.8 Å². The predicted octanol–water partition coefficient (Wildman–Crippen LogP) is 32.6. The molecule has 0 unspecified atom stereocenters. The van der Waals surface area contributed by atoms with E-state index in [1.165, 1.54) is 24.3 Å². The van der Waals surface area contributed by atoms with Crippen LogP contribution in [0, 0.1) is 94.3 Å². The zero-order valence-electron chi connectivity index (χ0n) is 73.2. The summed E-state index contributed by atoms with van der Waals surface area (Å²) in [6.45, 7) is 31.8. The number of hydrogen-bond acceptors (Lipinski definition) is 6. The molecule has 0 aliphatic rings. The zero-order chi connectivity index (χ0) is 96.5. The maximum absolute atomic E-state index is 15.9. The van der Waals surface area contributed by atoms with Crippen LogP contribution in [0.3, 0.4) is 0 Å². The molecule has 140 heavy (non-hydrogen) atoms. The highest BCUT2D eigenvalue weighted by Gasteiger charge is 2.40. The molecule has 0 aliphatic heterocycles. The summed E-state index contributed by atoms with van der Waals surface area (Å²) in [7, 11) is 0. The van der Waals surface area contributed by atoms with Crippen molar-refractivity contribution in [1.82, 2.24) is 18.3 Å². The third-order valence-corrected chi connectivity index (χ3v) is 25.7. The number of aromatic nitrogens is 4. The number of benzene rings is 18. The van der Waals surface area contributed by atoms with Gasteiger partial charge in [-0.3, -0.25) is 0 Å². The molecule has 0 N–H and O–H groups in total. The van der Waals surface area contributed by atoms with Crippen molar-refractivity contribution < 1.29 is 26.3 Å². The first kappa shape index (κ1) is 86.4. The molecular formula is C120H60F6N14. The summed E-state index contributed by atoms with van der Waals surface area (Å²) in [5.41, 5.74) is 15.8. The Kier molecular flexibility index (Phi) is 21.4. The van der Waals surface area contributed by atoms with Gasteiger partial charge in [0, 0.05) is 65.3 Å². The second-order valence-electron chi connectivity index (χ2n) is 33.5. The lowest BCUT2D eigenvalue weighted by atomic mass is 9.92. The van der Waals surface area contributed by atoms with Crippen molar-refractivity contribution in [1.29, 1.82) is 31.6 Å². The number of hydrogen-bond donors (Lipinski definition) is 0. The Hall–Kier alpha value is -20.4. The number of alkyl halides is 6. The van der Waals surface area contributed by atoms with Gasteiger partial charge in [0.2, 0.25) is 0 Å². The third-order valence-electron chi connectivity index (χ3n) is 25.7. The lowest BCUT2D eigenvalue weighted by Crippen LogP contribution is -2.11. The fourth-order valence-corrected chi connectivity index (χ4v) is 19.5. The number of rotatable bonds is 12. The second-order valence-corrected chi connectivity index (χ2v) is 33.5. The van der Waals surface area contributed by atoms with E-state index in [-0.39, 0.29) is 56.1 Å². The highest BCUT2D eigenvalue weighted by atomic mass is 19.4. The maximum atomic E-state index is 15.9. The fraction of sp³-hybridized carbons (Fsp3) is 0.0167. The highest BCUT2D eigenvalue weighted by Crippen LogP contribution is 2.54. The van der Waals surface area contributed by atoms with Gasteiger partial charge >= 0.3 is 12.4 Å². The van der Waals surface area contributed by atoms with E-state index in [9.17, 15) is 31.6 Å². The van der Waals surface area contributed by atoms with Crippen molar-refractivity contribution >= 4 is 110 Å². The van der Waals surface area contributed by atoms with E-state index in [4.69, 9.17) is 26.3 Å². The van der Waals surface area contributed by atoms with Gasteiger partial charge in [-0.25, -0.2) is 19.4 Å². The molecular weight excluding hydrogens is 1750 g/mol. The molecule has 4 heterocycles. The van der Waals surface area contributed by atoms with Gasteiger partial charge in [-0.2, -0.15) is 57.9 Å². The van der Waals surface area contributed by atoms with Gasteiger partial charge in [0.05, 0.1) is 174 Å². The molecule has 0 radical (unpaired) electrons. The first-order valence-corrected chi connectivity index (χ1v) is 43.8. The quantitative estimate of drug-likeness (QED) is 0.0867. The van der Waals surface area contributed by atoms with Crippen molar-refractivity contribution in [3.63, 3.8) is 0 Å². The van der Waals surface area contributed by atoms with E-state index < -0.39 is 23.5 Å². The molecule has 22 rings (SSSR count). The molecule has 652 valence electrons. The summed E-state index contributed by atoms with van der Waals surface area (Å²) in [6, 6.07) is 120. The van der Waals surface area contributed by atoms with Crippen LogP contribution in [0.1, 0.15) is 44.5 Å². The molecule has 0 aliphatic carbocycles. The van der Waals surface area contributed by atoms with Crippen LogP contribution in [0.25, 0.3) is 218 Å². The van der Waals surface area contributed by atoms with Gasteiger partial charge < -0.3 is 18.3 Å². The van der Waals surface area contributed by atoms with E-state index >= 15 is 26.3 Å². The number of nitrogens with zero attached hydrogens (tertiary/aromatic N) is 14. The van der Waals surface area contributed by atoms with Crippen molar-refractivity contribution in [2.24, 2.45) is 0 Å². The molecule has 0 atom stereocenters. The van der Waals surface area contributed by atoms with Crippen LogP contribution >= 0.6 is 0 Å².